The topological polar surface area (TPSA) is 3.24 Å². The second kappa shape index (κ2) is 11.2. The van der Waals surface area contributed by atoms with Crippen molar-refractivity contribution in [3.8, 4) is 22.3 Å². The molecule has 0 aromatic heterocycles. The predicted molar refractivity (Wildman–Crippen MR) is 213 cm³/mol. The van der Waals surface area contributed by atoms with Crippen molar-refractivity contribution in [2.75, 3.05) is 4.90 Å². The first-order valence-corrected chi connectivity index (χ1v) is 18.0. The van der Waals surface area contributed by atoms with Crippen LogP contribution in [0.25, 0.3) is 33.0 Å². The smallest absolute Gasteiger partial charge is 0.0719 e. The van der Waals surface area contributed by atoms with Gasteiger partial charge in [0.15, 0.2) is 0 Å². The number of hydrogen-bond donors (Lipinski definition) is 0. The van der Waals surface area contributed by atoms with E-state index in [1.165, 1.54) is 66.4 Å². The lowest BCUT2D eigenvalue weighted by Gasteiger charge is -2.46. The summed E-state index contributed by atoms with van der Waals surface area (Å²) in [4.78, 5) is 2.39. The van der Waals surface area contributed by atoms with Crippen molar-refractivity contribution >= 4 is 27.8 Å². The Labute approximate surface area is 300 Å². The van der Waals surface area contributed by atoms with E-state index in [2.05, 4.69) is 207 Å². The molecule has 0 radical (unpaired) electrons. The van der Waals surface area contributed by atoms with E-state index in [1.54, 1.807) is 0 Å². The van der Waals surface area contributed by atoms with Gasteiger partial charge in [0.1, 0.15) is 0 Å². The molecule has 0 fully saturated rings. The largest absolute Gasteiger partial charge is 0.310 e. The minimum absolute atomic E-state index is 0.112. The Morgan fingerprint density at radius 3 is 1.49 bits per heavy atom. The Hall–Kier alpha value is -6.18. The number of hydrogen-bond acceptors (Lipinski definition) is 1. The van der Waals surface area contributed by atoms with Crippen molar-refractivity contribution in [2.24, 2.45) is 0 Å². The first-order valence-electron chi connectivity index (χ1n) is 18.0. The Bertz CT molecular complexity index is 2520. The molecule has 242 valence electrons. The Morgan fingerprint density at radius 2 is 0.863 bits per heavy atom. The van der Waals surface area contributed by atoms with Gasteiger partial charge in [-0.1, -0.05) is 166 Å². The van der Waals surface area contributed by atoms with Crippen LogP contribution in [0.4, 0.5) is 17.1 Å². The molecule has 0 atom stereocenters. The zero-order valence-corrected chi connectivity index (χ0v) is 28.8. The maximum atomic E-state index is 2.47. The van der Waals surface area contributed by atoms with E-state index in [0.29, 0.717) is 0 Å². The number of rotatable bonds is 4. The number of fused-ring (bicyclic) bond motifs is 10. The number of benzene rings is 8. The van der Waals surface area contributed by atoms with Gasteiger partial charge >= 0.3 is 0 Å². The van der Waals surface area contributed by atoms with E-state index in [4.69, 9.17) is 0 Å². The first kappa shape index (κ1) is 29.7. The van der Waals surface area contributed by atoms with Crippen molar-refractivity contribution in [2.45, 2.75) is 24.7 Å². The van der Waals surface area contributed by atoms with Crippen molar-refractivity contribution < 1.29 is 0 Å². The molecule has 0 amide bonds. The van der Waals surface area contributed by atoms with Crippen LogP contribution < -0.4 is 4.90 Å². The molecule has 0 saturated carbocycles. The zero-order valence-electron chi connectivity index (χ0n) is 28.8. The van der Waals surface area contributed by atoms with Crippen molar-refractivity contribution in [3.63, 3.8) is 0 Å². The van der Waals surface area contributed by atoms with Gasteiger partial charge in [0, 0.05) is 22.2 Å². The van der Waals surface area contributed by atoms with Gasteiger partial charge in [-0.15, -0.1) is 0 Å². The van der Waals surface area contributed by atoms with E-state index in [-0.39, 0.29) is 5.41 Å². The van der Waals surface area contributed by atoms with Crippen LogP contribution in [0.5, 0.6) is 0 Å². The molecular weight excluding hydrogens is 615 g/mol. The minimum Gasteiger partial charge on any atom is -0.310 e. The second-order valence-electron chi connectivity index (χ2n) is 14.5. The molecule has 1 heteroatoms. The van der Waals surface area contributed by atoms with Gasteiger partial charge in [-0.3, -0.25) is 0 Å². The monoisotopic (exact) mass is 651 g/mol. The summed E-state index contributed by atoms with van der Waals surface area (Å²) >= 11 is 0. The average Bonchev–Trinajstić information content (AvgIpc) is 3.48. The van der Waals surface area contributed by atoms with Gasteiger partial charge in [-0.25, -0.2) is 0 Å². The third kappa shape index (κ3) is 4.15. The highest BCUT2D eigenvalue weighted by molar-refractivity contribution is 6.08. The lowest BCUT2D eigenvalue weighted by Crippen LogP contribution is -2.40. The summed E-state index contributed by atoms with van der Waals surface area (Å²) in [6.45, 7) is 4.77. The summed E-state index contributed by atoms with van der Waals surface area (Å²) in [5.74, 6) is 0. The molecule has 2 aliphatic carbocycles. The SMILES string of the molecule is CC1(C)c2ccccc2C2(c3ccccc3-c3cc(-c4cccc5cccc(N(c6ccccc6)c6ccccc6)c45)ccc32)c2ccccc21. The van der Waals surface area contributed by atoms with Crippen molar-refractivity contribution in [1.82, 2.24) is 0 Å². The molecule has 8 aromatic rings. The standard InChI is InChI=1S/C50H37N/c1-49(2)43-26-11-13-28-45(43)50(46-29-14-12-27-44(46)49)41-25-10-9-23-39(41)40-33-35(31-32-42(40)50)38-24-15-17-34-18-16-30-47(48(34)38)51(36-19-5-3-6-20-36)37-21-7-4-8-22-37/h3-33H,1-2H3. The fourth-order valence-electron chi connectivity index (χ4n) is 9.36. The molecule has 0 heterocycles. The Morgan fingerprint density at radius 1 is 0.373 bits per heavy atom. The summed E-state index contributed by atoms with van der Waals surface area (Å²) in [5, 5.41) is 2.46. The molecule has 2 aliphatic rings. The minimum atomic E-state index is -0.394. The summed E-state index contributed by atoms with van der Waals surface area (Å²) in [5.41, 5.74) is 16.3. The lowest BCUT2D eigenvalue weighted by atomic mass is 9.55. The molecule has 0 N–H and O–H groups in total. The van der Waals surface area contributed by atoms with Crippen LogP contribution in [0.1, 0.15) is 47.2 Å². The van der Waals surface area contributed by atoms with Crippen LogP contribution in [-0.4, -0.2) is 0 Å². The normalized spacial score (nSPS) is 14.4. The van der Waals surface area contributed by atoms with E-state index < -0.39 is 5.41 Å². The Balaban J connectivity index is 1.24. The van der Waals surface area contributed by atoms with Gasteiger partial charge in [0.05, 0.1) is 11.1 Å². The van der Waals surface area contributed by atoms with E-state index in [0.717, 1.165) is 17.1 Å². The number of para-hydroxylation sites is 2. The van der Waals surface area contributed by atoms with Crippen LogP contribution in [0.2, 0.25) is 0 Å². The molecule has 1 spiro atoms. The molecule has 0 saturated heterocycles. The molecular formula is C50H37N. The highest BCUT2D eigenvalue weighted by atomic mass is 15.1. The maximum Gasteiger partial charge on any atom is 0.0719 e. The fraction of sp³-hybridized carbons (Fsp3) is 0.0800. The summed E-state index contributed by atoms with van der Waals surface area (Å²) < 4.78 is 0. The summed E-state index contributed by atoms with van der Waals surface area (Å²) in [6, 6.07) is 69.6. The van der Waals surface area contributed by atoms with Gasteiger partial charge in [0.2, 0.25) is 0 Å². The fourth-order valence-corrected chi connectivity index (χ4v) is 9.36. The van der Waals surface area contributed by atoms with Crippen LogP contribution in [0.15, 0.2) is 188 Å². The van der Waals surface area contributed by atoms with Gasteiger partial charge in [-0.2, -0.15) is 0 Å². The molecule has 0 unspecified atom stereocenters. The number of anilines is 3. The third-order valence-corrected chi connectivity index (χ3v) is 11.5. The van der Waals surface area contributed by atoms with Crippen LogP contribution in [0.3, 0.4) is 0 Å². The van der Waals surface area contributed by atoms with E-state index >= 15 is 0 Å². The highest BCUT2D eigenvalue weighted by Crippen LogP contribution is 2.62. The predicted octanol–water partition coefficient (Wildman–Crippen LogP) is 13.0. The van der Waals surface area contributed by atoms with Gasteiger partial charge < -0.3 is 4.90 Å². The second-order valence-corrected chi connectivity index (χ2v) is 14.5. The molecule has 8 aromatic carbocycles. The Kier molecular flexibility index (Phi) is 6.51. The van der Waals surface area contributed by atoms with Crippen LogP contribution in [-0.2, 0) is 10.8 Å². The third-order valence-electron chi connectivity index (χ3n) is 11.5. The van der Waals surface area contributed by atoms with Crippen molar-refractivity contribution in [3.05, 3.63) is 221 Å². The lowest BCUT2D eigenvalue weighted by molar-refractivity contribution is 0.563. The quantitative estimate of drug-likeness (QED) is 0.183. The summed E-state index contributed by atoms with van der Waals surface area (Å²) in [7, 11) is 0. The van der Waals surface area contributed by atoms with Gasteiger partial charge in [0.25, 0.3) is 0 Å². The zero-order chi connectivity index (χ0) is 34.2. The molecule has 0 bridgehead atoms. The molecule has 51 heavy (non-hydrogen) atoms. The van der Waals surface area contributed by atoms with Gasteiger partial charge in [-0.05, 0) is 97.4 Å². The molecule has 0 aliphatic heterocycles. The first-order chi connectivity index (χ1) is 25.1. The molecule has 10 rings (SSSR count). The van der Waals surface area contributed by atoms with Crippen LogP contribution in [0, 0.1) is 0 Å². The van der Waals surface area contributed by atoms with Crippen molar-refractivity contribution in [1.29, 1.82) is 0 Å². The maximum absolute atomic E-state index is 2.47. The number of nitrogens with zero attached hydrogens (tertiary/aromatic N) is 1. The molecule has 1 nitrogen and oxygen atoms in total. The highest BCUT2D eigenvalue weighted by Gasteiger charge is 2.53. The van der Waals surface area contributed by atoms with E-state index in [1.807, 2.05) is 0 Å². The van der Waals surface area contributed by atoms with E-state index in [9.17, 15) is 0 Å². The summed E-state index contributed by atoms with van der Waals surface area (Å²) in [6.07, 6.45) is 0. The van der Waals surface area contributed by atoms with Crippen LogP contribution >= 0.6 is 0 Å². The average molecular weight is 652 g/mol.